The summed E-state index contributed by atoms with van der Waals surface area (Å²) in [7, 11) is 0. The lowest BCUT2D eigenvalue weighted by Gasteiger charge is -2.26. The van der Waals surface area contributed by atoms with Crippen molar-refractivity contribution in [1.29, 1.82) is 0 Å². The highest BCUT2D eigenvalue weighted by Gasteiger charge is 2.24. The highest BCUT2D eigenvalue weighted by molar-refractivity contribution is 5.43. The van der Waals surface area contributed by atoms with Crippen molar-refractivity contribution in [2.75, 3.05) is 6.61 Å². The van der Waals surface area contributed by atoms with Crippen LogP contribution in [0.3, 0.4) is 0 Å². The number of aromatic hydroxyl groups is 1. The van der Waals surface area contributed by atoms with Crippen molar-refractivity contribution in [2.24, 2.45) is 0 Å². The zero-order valence-electron chi connectivity index (χ0n) is 24.9. The molecule has 2 heteroatoms. The quantitative estimate of drug-likeness (QED) is 0.135. The number of benzene rings is 1. The van der Waals surface area contributed by atoms with E-state index in [4.69, 9.17) is 4.74 Å². The summed E-state index contributed by atoms with van der Waals surface area (Å²) in [5, 5.41) is 10.4. The predicted molar refractivity (Wildman–Crippen MR) is 160 cm³/mol. The molecule has 0 atom stereocenters. The lowest BCUT2D eigenvalue weighted by atomic mass is 9.79. The molecular formula is C34H62O2. The molecule has 1 rings (SSSR count). The van der Waals surface area contributed by atoms with Crippen LogP contribution >= 0.6 is 0 Å². The van der Waals surface area contributed by atoms with Crippen molar-refractivity contribution >= 4 is 0 Å². The second-order valence-corrected chi connectivity index (χ2v) is 11.9. The molecule has 1 aromatic carbocycles. The minimum Gasteiger partial charge on any atom is -0.508 e. The Kier molecular flexibility index (Phi) is 19.9. The summed E-state index contributed by atoms with van der Waals surface area (Å²) in [4.78, 5) is 0. The first-order chi connectivity index (χ1) is 17.5. The van der Waals surface area contributed by atoms with Gasteiger partial charge in [-0.3, -0.25) is 0 Å². The average Bonchev–Trinajstić information content (AvgIpc) is 2.86. The maximum atomic E-state index is 10.4. The molecule has 1 aromatic rings. The van der Waals surface area contributed by atoms with Crippen molar-refractivity contribution in [3.05, 3.63) is 23.8 Å². The minimum atomic E-state index is -0.0217. The molecule has 0 amide bonds. The lowest BCUT2D eigenvalue weighted by molar-refractivity contribution is 0.302. The molecule has 0 aromatic heterocycles. The van der Waals surface area contributed by atoms with Gasteiger partial charge < -0.3 is 9.84 Å². The number of ether oxygens (including phenoxy) is 1. The number of unbranched alkanes of at least 4 members (excludes halogenated alkanes) is 19. The second kappa shape index (κ2) is 21.9. The van der Waals surface area contributed by atoms with Crippen molar-refractivity contribution in [1.82, 2.24) is 0 Å². The zero-order valence-corrected chi connectivity index (χ0v) is 24.9. The molecule has 0 saturated carbocycles. The van der Waals surface area contributed by atoms with Crippen LogP contribution in [0.4, 0.5) is 0 Å². The van der Waals surface area contributed by atoms with Crippen molar-refractivity contribution in [3.63, 3.8) is 0 Å². The van der Waals surface area contributed by atoms with Gasteiger partial charge in [0.05, 0.1) is 6.61 Å². The Labute approximate surface area is 226 Å². The Bertz CT molecular complexity index is 622. The standard InChI is InChI=1S/C34H62O2/c1-5-7-9-10-11-12-13-14-15-16-17-18-19-20-21-22-23-25-29-36-31-26-27-33(35)32(30-31)34(3,4)28-24-8-6-2/h26-27,30,35H,5-25,28-29H2,1-4H3. The van der Waals surface area contributed by atoms with Gasteiger partial charge in [0.25, 0.3) is 0 Å². The molecule has 0 saturated heterocycles. The van der Waals surface area contributed by atoms with E-state index < -0.39 is 0 Å². The number of hydrogen-bond donors (Lipinski definition) is 1. The van der Waals surface area contributed by atoms with Gasteiger partial charge in [0, 0.05) is 5.56 Å². The second-order valence-electron chi connectivity index (χ2n) is 11.9. The molecule has 0 radical (unpaired) electrons. The van der Waals surface area contributed by atoms with E-state index in [2.05, 4.69) is 33.8 Å². The van der Waals surface area contributed by atoms with Crippen LogP contribution in [0.15, 0.2) is 18.2 Å². The molecule has 0 heterocycles. The number of hydrogen-bond acceptors (Lipinski definition) is 2. The molecule has 0 bridgehead atoms. The fourth-order valence-corrected chi connectivity index (χ4v) is 5.29. The largest absolute Gasteiger partial charge is 0.508 e. The first kappa shape index (κ1) is 32.8. The van der Waals surface area contributed by atoms with Crippen LogP contribution in [0.1, 0.15) is 175 Å². The summed E-state index contributed by atoms with van der Waals surface area (Å²) in [6, 6.07) is 5.79. The number of rotatable bonds is 25. The minimum absolute atomic E-state index is 0.0217. The monoisotopic (exact) mass is 502 g/mol. The van der Waals surface area contributed by atoms with Crippen LogP contribution in [-0.2, 0) is 5.41 Å². The summed E-state index contributed by atoms with van der Waals surface area (Å²) in [5.41, 5.74) is 1.00. The molecule has 0 unspecified atom stereocenters. The van der Waals surface area contributed by atoms with Crippen LogP contribution in [0, 0.1) is 0 Å². The Morgan fingerprint density at radius 1 is 0.583 bits per heavy atom. The van der Waals surface area contributed by atoms with Gasteiger partial charge in [0.15, 0.2) is 0 Å². The van der Waals surface area contributed by atoms with Crippen LogP contribution in [0.25, 0.3) is 0 Å². The Balaban J connectivity index is 1.98. The molecule has 0 aliphatic rings. The smallest absolute Gasteiger partial charge is 0.119 e. The van der Waals surface area contributed by atoms with Crippen LogP contribution in [0.2, 0.25) is 0 Å². The van der Waals surface area contributed by atoms with Crippen LogP contribution in [0.5, 0.6) is 11.5 Å². The van der Waals surface area contributed by atoms with Crippen molar-refractivity contribution in [2.45, 2.75) is 174 Å². The summed E-state index contributed by atoms with van der Waals surface area (Å²) >= 11 is 0. The molecule has 210 valence electrons. The first-order valence-corrected chi connectivity index (χ1v) is 16.0. The average molecular weight is 503 g/mol. The predicted octanol–water partition coefficient (Wildman–Crippen LogP) is 11.7. The maximum absolute atomic E-state index is 10.4. The fraction of sp³-hybridized carbons (Fsp3) is 0.824. The van der Waals surface area contributed by atoms with Gasteiger partial charge >= 0.3 is 0 Å². The van der Waals surface area contributed by atoms with Gasteiger partial charge in [-0.2, -0.15) is 0 Å². The third-order valence-corrected chi connectivity index (χ3v) is 7.87. The van der Waals surface area contributed by atoms with Crippen LogP contribution < -0.4 is 4.74 Å². The van der Waals surface area contributed by atoms with E-state index in [1.54, 1.807) is 0 Å². The van der Waals surface area contributed by atoms with E-state index in [0.717, 1.165) is 30.8 Å². The van der Waals surface area contributed by atoms with Crippen LogP contribution in [-0.4, -0.2) is 11.7 Å². The zero-order chi connectivity index (χ0) is 26.3. The highest BCUT2D eigenvalue weighted by Crippen LogP contribution is 2.37. The molecule has 0 aliphatic carbocycles. The van der Waals surface area contributed by atoms with E-state index in [-0.39, 0.29) is 5.41 Å². The van der Waals surface area contributed by atoms with Gasteiger partial charge in [-0.05, 0) is 36.5 Å². The summed E-state index contributed by atoms with van der Waals surface area (Å²) in [6.07, 6.45) is 29.9. The summed E-state index contributed by atoms with van der Waals surface area (Å²) in [5.74, 6) is 1.30. The Hall–Kier alpha value is -1.18. The number of phenolic OH excluding ortho intramolecular Hbond substituents is 1. The van der Waals surface area contributed by atoms with Gasteiger partial charge in [0.2, 0.25) is 0 Å². The van der Waals surface area contributed by atoms with E-state index in [0.29, 0.717) is 5.75 Å². The Morgan fingerprint density at radius 2 is 1.00 bits per heavy atom. The molecular weight excluding hydrogens is 440 g/mol. The molecule has 1 N–H and O–H groups in total. The normalized spacial score (nSPS) is 11.8. The van der Waals surface area contributed by atoms with Gasteiger partial charge in [0.1, 0.15) is 11.5 Å². The highest BCUT2D eigenvalue weighted by atomic mass is 16.5. The summed E-state index contributed by atoms with van der Waals surface area (Å²) < 4.78 is 6.04. The lowest BCUT2D eigenvalue weighted by Crippen LogP contribution is -2.17. The fourth-order valence-electron chi connectivity index (χ4n) is 5.29. The van der Waals surface area contributed by atoms with E-state index >= 15 is 0 Å². The topological polar surface area (TPSA) is 29.5 Å². The number of phenols is 1. The molecule has 36 heavy (non-hydrogen) atoms. The first-order valence-electron chi connectivity index (χ1n) is 16.0. The van der Waals surface area contributed by atoms with Crippen molar-refractivity contribution in [3.8, 4) is 11.5 Å². The SMILES string of the molecule is CCCCCCCCCCCCCCCCCCCCOc1ccc(O)c(C(C)(C)CCCCC)c1. The Morgan fingerprint density at radius 3 is 1.47 bits per heavy atom. The maximum Gasteiger partial charge on any atom is 0.119 e. The third-order valence-electron chi connectivity index (χ3n) is 7.87. The molecule has 0 fully saturated rings. The summed E-state index contributed by atoms with van der Waals surface area (Å²) in [6.45, 7) is 9.78. The third kappa shape index (κ3) is 16.5. The van der Waals surface area contributed by atoms with Gasteiger partial charge in [-0.25, -0.2) is 0 Å². The molecule has 0 spiro atoms. The van der Waals surface area contributed by atoms with E-state index in [1.807, 2.05) is 12.1 Å². The van der Waals surface area contributed by atoms with Gasteiger partial charge in [-0.15, -0.1) is 0 Å². The van der Waals surface area contributed by atoms with E-state index in [9.17, 15) is 5.11 Å². The van der Waals surface area contributed by atoms with E-state index in [1.165, 1.54) is 128 Å². The van der Waals surface area contributed by atoms with Crippen molar-refractivity contribution < 1.29 is 9.84 Å². The molecule has 0 aliphatic heterocycles. The van der Waals surface area contributed by atoms with Gasteiger partial charge in [-0.1, -0.05) is 156 Å². The molecule has 2 nitrogen and oxygen atoms in total.